The third kappa shape index (κ3) is 6.68. The summed E-state index contributed by atoms with van der Waals surface area (Å²) >= 11 is 0. The van der Waals surface area contributed by atoms with Crippen LogP contribution in [0.2, 0.25) is 0 Å². The van der Waals surface area contributed by atoms with E-state index < -0.39 is 11.7 Å². The monoisotopic (exact) mass is 248 g/mol. The van der Waals surface area contributed by atoms with Gasteiger partial charge in [0.15, 0.2) is 0 Å². The highest BCUT2D eigenvalue weighted by Crippen LogP contribution is 2.06. The summed E-state index contributed by atoms with van der Waals surface area (Å²) in [5, 5.41) is 3.82. The summed E-state index contributed by atoms with van der Waals surface area (Å²) in [6.45, 7) is 5.43. The zero-order valence-corrected chi connectivity index (χ0v) is 11.1. The highest BCUT2D eigenvalue weighted by molar-refractivity contribution is 5.69. The zero-order chi connectivity index (χ0) is 13.4. The molecule has 0 unspecified atom stereocenters. The van der Waals surface area contributed by atoms with Gasteiger partial charge in [-0.25, -0.2) is 10.2 Å². The molecule has 0 radical (unpaired) electrons. The van der Waals surface area contributed by atoms with Crippen LogP contribution in [0.5, 0.6) is 0 Å². The Bertz CT molecular complexity index is 394. The molecule has 0 aromatic heterocycles. The number of hydrogen-bond acceptors (Lipinski definition) is 3. The molecule has 1 aromatic carbocycles. The van der Waals surface area contributed by atoms with Gasteiger partial charge in [-0.2, -0.15) is 5.10 Å². The van der Waals surface area contributed by atoms with Gasteiger partial charge in [0.25, 0.3) is 0 Å². The molecule has 0 bridgehead atoms. The number of carbonyl (C=O) groups excluding carboxylic acids is 1. The number of hydrazone groups is 1. The summed E-state index contributed by atoms with van der Waals surface area (Å²) in [6, 6.07) is 10.1. The van der Waals surface area contributed by atoms with E-state index in [2.05, 4.69) is 22.7 Å². The second kappa shape index (κ2) is 6.79. The molecule has 18 heavy (non-hydrogen) atoms. The van der Waals surface area contributed by atoms with Gasteiger partial charge < -0.3 is 4.74 Å². The van der Waals surface area contributed by atoms with Crippen molar-refractivity contribution in [3.05, 3.63) is 35.9 Å². The molecular weight excluding hydrogens is 228 g/mol. The number of benzene rings is 1. The minimum Gasteiger partial charge on any atom is -0.443 e. The van der Waals surface area contributed by atoms with Crippen molar-refractivity contribution in [2.24, 2.45) is 5.10 Å². The fraction of sp³-hybridized carbons (Fsp3) is 0.429. The molecule has 4 heteroatoms. The van der Waals surface area contributed by atoms with E-state index in [1.54, 1.807) is 6.21 Å². The van der Waals surface area contributed by atoms with Crippen molar-refractivity contribution in [2.45, 2.75) is 39.2 Å². The van der Waals surface area contributed by atoms with Gasteiger partial charge in [-0.1, -0.05) is 30.3 Å². The molecule has 0 aliphatic heterocycles. The number of nitrogens with one attached hydrogen (secondary N) is 1. The molecule has 0 spiro atoms. The Hall–Kier alpha value is -1.84. The molecule has 0 aliphatic rings. The molecule has 1 rings (SSSR count). The number of ether oxygens (including phenoxy) is 1. The van der Waals surface area contributed by atoms with E-state index in [4.69, 9.17) is 4.74 Å². The third-order valence-corrected chi connectivity index (χ3v) is 2.05. The summed E-state index contributed by atoms with van der Waals surface area (Å²) in [5.41, 5.74) is 3.09. The lowest BCUT2D eigenvalue weighted by Gasteiger charge is -2.18. The van der Waals surface area contributed by atoms with Crippen molar-refractivity contribution in [3.63, 3.8) is 0 Å². The summed E-state index contributed by atoms with van der Waals surface area (Å²) in [4.78, 5) is 11.2. The molecule has 0 saturated carbocycles. The molecular formula is C14H20N2O2. The molecule has 98 valence electrons. The summed E-state index contributed by atoms with van der Waals surface area (Å²) in [5.74, 6) is 0. The first kappa shape index (κ1) is 14.2. The van der Waals surface area contributed by atoms with Gasteiger partial charge in [0.05, 0.1) is 0 Å². The van der Waals surface area contributed by atoms with Crippen LogP contribution < -0.4 is 5.43 Å². The Balaban J connectivity index is 2.20. The van der Waals surface area contributed by atoms with Crippen molar-refractivity contribution < 1.29 is 9.53 Å². The Morgan fingerprint density at radius 3 is 2.61 bits per heavy atom. The number of rotatable bonds is 4. The smallest absolute Gasteiger partial charge is 0.428 e. The molecule has 1 amide bonds. The highest BCUT2D eigenvalue weighted by atomic mass is 16.6. The first-order valence-corrected chi connectivity index (χ1v) is 6.02. The van der Waals surface area contributed by atoms with Crippen LogP contribution in [0.4, 0.5) is 4.79 Å². The Morgan fingerprint density at radius 1 is 1.33 bits per heavy atom. The van der Waals surface area contributed by atoms with Gasteiger partial charge in [-0.3, -0.25) is 0 Å². The topological polar surface area (TPSA) is 50.7 Å². The van der Waals surface area contributed by atoms with Crippen LogP contribution in [0.3, 0.4) is 0 Å². The second-order valence-electron chi connectivity index (χ2n) is 4.95. The lowest BCUT2D eigenvalue weighted by Crippen LogP contribution is -2.29. The van der Waals surface area contributed by atoms with Crippen LogP contribution in [0.25, 0.3) is 0 Å². The van der Waals surface area contributed by atoms with Crippen LogP contribution in [0, 0.1) is 0 Å². The Kier molecular flexibility index (Phi) is 5.36. The van der Waals surface area contributed by atoms with E-state index in [0.717, 1.165) is 12.8 Å². The Morgan fingerprint density at radius 2 is 2.00 bits per heavy atom. The van der Waals surface area contributed by atoms with E-state index >= 15 is 0 Å². The summed E-state index contributed by atoms with van der Waals surface area (Å²) in [7, 11) is 0. The fourth-order valence-corrected chi connectivity index (χ4v) is 1.34. The van der Waals surface area contributed by atoms with Crippen LogP contribution in [-0.4, -0.2) is 17.9 Å². The van der Waals surface area contributed by atoms with Crippen molar-refractivity contribution in [1.29, 1.82) is 0 Å². The van der Waals surface area contributed by atoms with Crippen LogP contribution in [0.15, 0.2) is 35.4 Å². The normalized spacial score (nSPS) is 11.5. The van der Waals surface area contributed by atoms with Crippen LogP contribution in [-0.2, 0) is 11.2 Å². The predicted octanol–water partition coefficient (Wildman–Crippen LogP) is 3.13. The molecule has 1 aromatic rings. The van der Waals surface area contributed by atoms with E-state index in [-0.39, 0.29) is 0 Å². The number of amides is 1. The maximum atomic E-state index is 11.2. The third-order valence-electron chi connectivity index (χ3n) is 2.05. The van der Waals surface area contributed by atoms with Gasteiger partial charge >= 0.3 is 6.09 Å². The minimum absolute atomic E-state index is 0.496. The quantitative estimate of drug-likeness (QED) is 0.657. The first-order chi connectivity index (χ1) is 8.47. The van der Waals surface area contributed by atoms with E-state index in [1.165, 1.54) is 5.56 Å². The lowest BCUT2D eigenvalue weighted by atomic mass is 10.1. The summed E-state index contributed by atoms with van der Waals surface area (Å²) in [6.07, 6.45) is 2.83. The van der Waals surface area contributed by atoms with E-state index in [9.17, 15) is 4.79 Å². The van der Waals surface area contributed by atoms with Gasteiger partial charge in [0, 0.05) is 6.21 Å². The SMILES string of the molecule is CC(C)(C)OC(=O)N/N=C\CCc1ccccc1. The number of nitrogens with zero attached hydrogens (tertiary/aromatic N) is 1. The predicted molar refractivity (Wildman–Crippen MR) is 72.6 cm³/mol. The van der Waals surface area contributed by atoms with Crippen LogP contribution >= 0.6 is 0 Å². The standard InChI is InChI=1S/C14H20N2O2/c1-14(2,3)18-13(17)16-15-11-7-10-12-8-5-4-6-9-12/h4-6,8-9,11H,7,10H2,1-3H3,(H,16,17)/b15-11-. The molecule has 1 N–H and O–H groups in total. The van der Waals surface area contributed by atoms with E-state index in [0.29, 0.717) is 0 Å². The molecule has 0 saturated heterocycles. The Labute approximate surface area is 108 Å². The van der Waals surface area contributed by atoms with Crippen molar-refractivity contribution in [3.8, 4) is 0 Å². The molecule has 0 aliphatic carbocycles. The maximum absolute atomic E-state index is 11.2. The fourth-order valence-electron chi connectivity index (χ4n) is 1.34. The number of aryl methyl sites for hydroxylation is 1. The molecule has 0 fully saturated rings. The lowest BCUT2D eigenvalue weighted by molar-refractivity contribution is 0.0529. The first-order valence-electron chi connectivity index (χ1n) is 6.02. The minimum atomic E-state index is -0.529. The molecule has 0 heterocycles. The van der Waals surface area contributed by atoms with Gasteiger partial charge in [-0.05, 0) is 39.2 Å². The average Bonchev–Trinajstić information content (AvgIpc) is 2.27. The number of hydrogen-bond donors (Lipinski definition) is 1. The number of carbonyl (C=O) groups is 1. The molecule has 0 atom stereocenters. The molecule has 4 nitrogen and oxygen atoms in total. The maximum Gasteiger partial charge on any atom is 0.428 e. The van der Waals surface area contributed by atoms with Gasteiger partial charge in [-0.15, -0.1) is 0 Å². The highest BCUT2D eigenvalue weighted by Gasteiger charge is 2.15. The van der Waals surface area contributed by atoms with Crippen LogP contribution in [0.1, 0.15) is 32.8 Å². The van der Waals surface area contributed by atoms with E-state index in [1.807, 2.05) is 39.0 Å². The second-order valence-corrected chi connectivity index (χ2v) is 4.95. The van der Waals surface area contributed by atoms with Gasteiger partial charge in [0.2, 0.25) is 0 Å². The van der Waals surface area contributed by atoms with Crippen molar-refractivity contribution in [2.75, 3.05) is 0 Å². The largest absolute Gasteiger partial charge is 0.443 e. The summed E-state index contributed by atoms with van der Waals surface area (Å²) < 4.78 is 5.04. The van der Waals surface area contributed by atoms with Crippen molar-refractivity contribution >= 4 is 12.3 Å². The zero-order valence-electron chi connectivity index (χ0n) is 11.1. The van der Waals surface area contributed by atoms with Crippen molar-refractivity contribution in [1.82, 2.24) is 5.43 Å². The van der Waals surface area contributed by atoms with Gasteiger partial charge in [0.1, 0.15) is 5.60 Å². The average molecular weight is 248 g/mol.